The van der Waals surface area contributed by atoms with E-state index in [2.05, 4.69) is 31.9 Å². The topological polar surface area (TPSA) is 17.1 Å². The molecule has 0 N–H and O–H groups in total. The second kappa shape index (κ2) is 5.42. The van der Waals surface area contributed by atoms with Crippen LogP contribution in [0.3, 0.4) is 0 Å². The number of carbonyl (C=O) groups is 1. The van der Waals surface area contributed by atoms with Gasteiger partial charge in [-0.05, 0) is 55.4 Å². The van der Waals surface area contributed by atoms with E-state index in [0.717, 1.165) is 9.35 Å². The molecule has 1 aromatic heterocycles. The van der Waals surface area contributed by atoms with Crippen LogP contribution in [0, 0.1) is 5.82 Å². The summed E-state index contributed by atoms with van der Waals surface area (Å²) in [5.74, 6) is -0.711. The van der Waals surface area contributed by atoms with Gasteiger partial charge in [0, 0.05) is 15.8 Å². The van der Waals surface area contributed by atoms with E-state index in [9.17, 15) is 9.18 Å². The maximum atomic E-state index is 13.7. The van der Waals surface area contributed by atoms with E-state index in [0.29, 0.717) is 4.47 Å². The van der Waals surface area contributed by atoms with E-state index in [1.165, 1.54) is 17.4 Å². The van der Waals surface area contributed by atoms with Crippen LogP contribution in [-0.4, -0.2) is 5.78 Å². The molecule has 0 saturated carbocycles. The number of halogens is 3. The Labute approximate surface area is 119 Å². The zero-order valence-corrected chi connectivity index (χ0v) is 12.5. The van der Waals surface area contributed by atoms with Gasteiger partial charge in [0.15, 0.2) is 5.78 Å². The van der Waals surface area contributed by atoms with Gasteiger partial charge in [-0.2, -0.15) is 0 Å². The lowest BCUT2D eigenvalue weighted by molar-refractivity contribution is 0.0989. The summed E-state index contributed by atoms with van der Waals surface area (Å²) in [7, 11) is 0. The Morgan fingerprint density at radius 1 is 1.24 bits per heavy atom. The molecule has 0 aliphatic heterocycles. The highest BCUT2D eigenvalue weighted by molar-refractivity contribution is 9.10. The number of ketones is 1. The smallest absolute Gasteiger partial charge is 0.171 e. The van der Waals surface area contributed by atoms with Crippen LogP contribution >= 0.6 is 43.2 Å². The Balaban J connectivity index is 2.27. The summed E-state index contributed by atoms with van der Waals surface area (Å²) < 4.78 is 14.9. The van der Waals surface area contributed by atoms with Gasteiger partial charge in [0.05, 0.1) is 10.0 Å². The van der Waals surface area contributed by atoms with E-state index in [-0.39, 0.29) is 17.8 Å². The van der Waals surface area contributed by atoms with Gasteiger partial charge in [-0.25, -0.2) is 4.39 Å². The molecule has 0 fully saturated rings. The van der Waals surface area contributed by atoms with Crippen molar-refractivity contribution in [2.45, 2.75) is 6.42 Å². The van der Waals surface area contributed by atoms with Crippen molar-refractivity contribution >= 4 is 49.0 Å². The molecule has 1 nitrogen and oxygen atoms in total. The lowest BCUT2D eigenvalue weighted by atomic mass is 10.1. The average molecular weight is 378 g/mol. The highest BCUT2D eigenvalue weighted by Crippen LogP contribution is 2.26. The monoisotopic (exact) mass is 376 g/mol. The van der Waals surface area contributed by atoms with Crippen molar-refractivity contribution < 1.29 is 9.18 Å². The zero-order valence-electron chi connectivity index (χ0n) is 8.54. The second-order valence-corrected chi connectivity index (χ2v) is 6.10. The fourth-order valence-electron chi connectivity index (χ4n) is 1.41. The first-order valence-electron chi connectivity index (χ1n) is 4.78. The van der Waals surface area contributed by atoms with Crippen molar-refractivity contribution in [3.8, 4) is 0 Å². The number of hydrogen-bond donors (Lipinski definition) is 0. The summed E-state index contributed by atoms with van der Waals surface area (Å²) in [5.41, 5.74) is 0.125. The van der Waals surface area contributed by atoms with Crippen LogP contribution in [0.5, 0.6) is 0 Å². The molecule has 2 aromatic rings. The molecule has 0 aliphatic rings. The standard InChI is InChI=1S/C12H7Br2FOS/c13-8-4-5-17-11(8)6-10(16)7-2-1-3-9(14)12(7)15/h1-5H,6H2. The molecule has 88 valence electrons. The van der Waals surface area contributed by atoms with E-state index in [1.807, 2.05) is 11.4 Å². The molecule has 17 heavy (non-hydrogen) atoms. The van der Waals surface area contributed by atoms with Crippen LogP contribution < -0.4 is 0 Å². The largest absolute Gasteiger partial charge is 0.294 e. The van der Waals surface area contributed by atoms with Gasteiger partial charge in [0.1, 0.15) is 5.82 Å². The highest BCUT2D eigenvalue weighted by Gasteiger charge is 2.15. The number of Topliss-reactive ketones (excluding diaryl/α,β-unsaturated/α-hetero) is 1. The predicted octanol–water partition coefficient (Wildman–Crippen LogP) is 4.84. The van der Waals surface area contributed by atoms with Crippen LogP contribution in [0.25, 0.3) is 0 Å². The predicted molar refractivity (Wildman–Crippen MR) is 74.2 cm³/mol. The summed E-state index contributed by atoms with van der Waals surface area (Å²) in [6, 6.07) is 6.62. The molecule has 0 atom stereocenters. The molecule has 0 bridgehead atoms. The Kier molecular flexibility index (Phi) is 4.12. The van der Waals surface area contributed by atoms with Gasteiger partial charge in [-0.15, -0.1) is 11.3 Å². The molecule has 2 rings (SSSR count). The van der Waals surface area contributed by atoms with E-state index < -0.39 is 5.82 Å². The van der Waals surface area contributed by atoms with Crippen molar-refractivity contribution in [3.05, 3.63) is 54.8 Å². The summed E-state index contributed by atoms with van der Waals surface area (Å²) in [4.78, 5) is 12.9. The summed E-state index contributed by atoms with van der Waals surface area (Å²) in [6.07, 6.45) is 0.214. The highest BCUT2D eigenvalue weighted by atomic mass is 79.9. The lowest BCUT2D eigenvalue weighted by Gasteiger charge is -2.03. The fraction of sp³-hybridized carbons (Fsp3) is 0.0833. The third kappa shape index (κ3) is 2.84. The molecule has 0 aliphatic carbocycles. The van der Waals surface area contributed by atoms with Crippen LogP contribution in [0.2, 0.25) is 0 Å². The van der Waals surface area contributed by atoms with Gasteiger partial charge in [-0.3, -0.25) is 4.79 Å². The van der Waals surface area contributed by atoms with Gasteiger partial charge >= 0.3 is 0 Å². The van der Waals surface area contributed by atoms with Crippen molar-refractivity contribution in [3.63, 3.8) is 0 Å². The van der Waals surface area contributed by atoms with Gasteiger partial charge in [-0.1, -0.05) is 6.07 Å². The first-order chi connectivity index (χ1) is 8.09. The molecular formula is C12H7Br2FOS. The quantitative estimate of drug-likeness (QED) is 0.699. The Morgan fingerprint density at radius 3 is 2.65 bits per heavy atom. The average Bonchev–Trinajstić information content (AvgIpc) is 2.68. The third-order valence-corrected chi connectivity index (χ3v) is 4.80. The number of thiophene rings is 1. The summed E-state index contributed by atoms with van der Waals surface area (Å²) >= 11 is 7.91. The molecule has 1 aromatic carbocycles. The lowest BCUT2D eigenvalue weighted by Crippen LogP contribution is -2.05. The number of carbonyl (C=O) groups excluding carboxylic acids is 1. The number of rotatable bonds is 3. The minimum Gasteiger partial charge on any atom is -0.294 e. The van der Waals surface area contributed by atoms with E-state index in [4.69, 9.17) is 0 Å². The van der Waals surface area contributed by atoms with Crippen LogP contribution in [0.15, 0.2) is 38.6 Å². The molecule has 0 saturated heterocycles. The first-order valence-corrected chi connectivity index (χ1v) is 7.25. The third-order valence-electron chi connectivity index (χ3n) is 2.26. The maximum absolute atomic E-state index is 13.7. The molecule has 0 unspecified atom stereocenters. The van der Waals surface area contributed by atoms with E-state index >= 15 is 0 Å². The molecule has 1 heterocycles. The van der Waals surface area contributed by atoms with Gasteiger partial charge < -0.3 is 0 Å². The van der Waals surface area contributed by atoms with Crippen molar-refractivity contribution in [1.29, 1.82) is 0 Å². The SMILES string of the molecule is O=C(Cc1sccc1Br)c1cccc(Br)c1F. The Hall–Kier alpha value is -0.520. The van der Waals surface area contributed by atoms with Gasteiger partial charge in [0.25, 0.3) is 0 Å². The molecular weight excluding hydrogens is 371 g/mol. The fourth-order valence-corrected chi connectivity index (χ4v) is 3.27. The Bertz CT molecular complexity index is 565. The van der Waals surface area contributed by atoms with Gasteiger partial charge in [0.2, 0.25) is 0 Å². The summed E-state index contributed by atoms with van der Waals surface area (Å²) in [5, 5.41) is 1.89. The molecule has 0 amide bonds. The minimum atomic E-state index is -0.495. The number of benzene rings is 1. The normalized spacial score (nSPS) is 10.5. The molecule has 0 spiro atoms. The molecule has 0 radical (unpaired) electrons. The van der Waals surface area contributed by atoms with E-state index in [1.54, 1.807) is 12.1 Å². The van der Waals surface area contributed by atoms with Crippen LogP contribution in [0.1, 0.15) is 15.2 Å². The van der Waals surface area contributed by atoms with Crippen molar-refractivity contribution in [2.24, 2.45) is 0 Å². The second-order valence-electron chi connectivity index (χ2n) is 3.39. The summed E-state index contributed by atoms with van der Waals surface area (Å²) in [6.45, 7) is 0. The Morgan fingerprint density at radius 2 is 2.00 bits per heavy atom. The zero-order chi connectivity index (χ0) is 12.4. The first kappa shape index (κ1) is 12.9. The van der Waals surface area contributed by atoms with Crippen LogP contribution in [0.4, 0.5) is 4.39 Å². The minimum absolute atomic E-state index is 0.125. The maximum Gasteiger partial charge on any atom is 0.171 e. The van der Waals surface area contributed by atoms with Crippen molar-refractivity contribution in [1.82, 2.24) is 0 Å². The van der Waals surface area contributed by atoms with Crippen molar-refractivity contribution in [2.75, 3.05) is 0 Å². The molecule has 5 heteroatoms. The van der Waals surface area contributed by atoms with Crippen LogP contribution in [-0.2, 0) is 6.42 Å². The number of hydrogen-bond acceptors (Lipinski definition) is 2.